The number of benzene rings is 2. The van der Waals surface area contributed by atoms with Crippen LogP contribution in [0.4, 0.5) is 0 Å². The topological polar surface area (TPSA) is 38.3 Å². The van der Waals surface area contributed by atoms with Crippen LogP contribution < -0.4 is 10.1 Å². The fourth-order valence-electron chi connectivity index (χ4n) is 2.98. The van der Waals surface area contributed by atoms with E-state index in [4.69, 9.17) is 4.74 Å². The fraction of sp³-hybridized carbons (Fsp3) is 0.409. The largest absolute Gasteiger partial charge is 0.484 e. The number of carbonyl (C=O) groups excluding carboxylic acids is 1. The van der Waals surface area contributed by atoms with E-state index in [0.717, 1.165) is 12.2 Å². The van der Waals surface area contributed by atoms with Crippen LogP contribution in [0.5, 0.6) is 5.75 Å². The van der Waals surface area contributed by atoms with E-state index < -0.39 is 0 Å². The smallest absolute Gasteiger partial charge is 0.257 e. The molecule has 3 nitrogen and oxygen atoms in total. The van der Waals surface area contributed by atoms with Crippen LogP contribution in [0.25, 0.3) is 0 Å². The molecule has 0 saturated heterocycles. The van der Waals surface area contributed by atoms with Gasteiger partial charge in [0, 0.05) is 6.54 Å². The molecule has 25 heavy (non-hydrogen) atoms. The van der Waals surface area contributed by atoms with Gasteiger partial charge in [-0.05, 0) is 73.1 Å². The third-order valence-electron chi connectivity index (χ3n) is 4.41. The summed E-state index contributed by atoms with van der Waals surface area (Å²) in [5.74, 6) is 1.19. The van der Waals surface area contributed by atoms with E-state index in [1.165, 1.54) is 27.8 Å². The van der Waals surface area contributed by atoms with Crippen LogP contribution in [0.2, 0.25) is 0 Å². The highest BCUT2D eigenvalue weighted by Gasteiger charge is 2.09. The normalized spacial score (nSPS) is 10.8. The van der Waals surface area contributed by atoms with Gasteiger partial charge in [0.1, 0.15) is 5.75 Å². The zero-order chi connectivity index (χ0) is 18.4. The lowest BCUT2D eigenvalue weighted by molar-refractivity contribution is -0.122. The molecule has 0 aliphatic carbocycles. The molecule has 0 saturated carbocycles. The molecule has 1 amide bonds. The molecule has 2 rings (SSSR count). The Morgan fingerprint density at radius 1 is 1.12 bits per heavy atom. The molecule has 0 aliphatic heterocycles. The number of nitrogens with one attached hydrogen (secondary N) is 1. The Bertz CT molecular complexity index is 712. The summed E-state index contributed by atoms with van der Waals surface area (Å²) in [6, 6.07) is 12.8. The zero-order valence-corrected chi connectivity index (χ0v) is 16.0. The summed E-state index contributed by atoms with van der Waals surface area (Å²) in [5, 5.41) is 2.74. The summed E-state index contributed by atoms with van der Waals surface area (Å²) in [7, 11) is 0. The lowest BCUT2D eigenvalue weighted by Crippen LogP contribution is -2.28. The molecule has 134 valence electrons. The van der Waals surface area contributed by atoms with Crippen molar-refractivity contribution >= 4 is 5.91 Å². The van der Waals surface area contributed by atoms with E-state index in [0.29, 0.717) is 12.5 Å². The van der Waals surface area contributed by atoms with Crippen LogP contribution in [0.15, 0.2) is 36.4 Å². The maximum absolute atomic E-state index is 11.5. The van der Waals surface area contributed by atoms with Crippen LogP contribution in [0, 0.1) is 13.8 Å². The van der Waals surface area contributed by atoms with Gasteiger partial charge in [-0.3, -0.25) is 4.79 Å². The Hall–Kier alpha value is -2.29. The van der Waals surface area contributed by atoms with Gasteiger partial charge in [0.25, 0.3) is 5.91 Å². The molecule has 0 aromatic heterocycles. The lowest BCUT2D eigenvalue weighted by atomic mass is 9.93. The SMILES string of the molecule is CCNC(=O)COc1cc(C)c(Cc2cccc(C(C)C)c2)c(C)c1. The minimum Gasteiger partial charge on any atom is -0.484 e. The summed E-state index contributed by atoms with van der Waals surface area (Å²) in [4.78, 5) is 11.5. The average Bonchev–Trinajstić information content (AvgIpc) is 2.57. The van der Waals surface area contributed by atoms with Gasteiger partial charge in [-0.1, -0.05) is 38.1 Å². The Morgan fingerprint density at radius 2 is 1.80 bits per heavy atom. The van der Waals surface area contributed by atoms with Gasteiger partial charge in [0.15, 0.2) is 6.61 Å². The molecular formula is C22H29NO2. The first kappa shape index (κ1) is 19.0. The first-order valence-electron chi connectivity index (χ1n) is 8.99. The molecule has 1 N–H and O–H groups in total. The van der Waals surface area contributed by atoms with Crippen LogP contribution in [0.1, 0.15) is 54.5 Å². The molecule has 0 heterocycles. The molecule has 0 radical (unpaired) electrons. The Balaban J connectivity index is 2.14. The minimum absolute atomic E-state index is 0.0580. The summed E-state index contributed by atoms with van der Waals surface area (Å²) in [5.41, 5.74) is 6.41. The number of carbonyl (C=O) groups is 1. The van der Waals surface area contributed by atoms with Gasteiger partial charge < -0.3 is 10.1 Å². The van der Waals surface area contributed by atoms with Gasteiger partial charge in [-0.2, -0.15) is 0 Å². The van der Waals surface area contributed by atoms with Crippen LogP contribution in [-0.4, -0.2) is 19.1 Å². The Morgan fingerprint density at radius 3 is 2.40 bits per heavy atom. The highest BCUT2D eigenvalue weighted by atomic mass is 16.5. The van der Waals surface area contributed by atoms with E-state index in [1.54, 1.807) is 0 Å². The number of hydrogen-bond donors (Lipinski definition) is 1. The second-order valence-electron chi connectivity index (χ2n) is 6.85. The minimum atomic E-state index is -0.0904. The monoisotopic (exact) mass is 339 g/mol. The van der Waals surface area contributed by atoms with Gasteiger partial charge in [-0.25, -0.2) is 0 Å². The van der Waals surface area contributed by atoms with E-state index in [9.17, 15) is 4.79 Å². The fourth-order valence-corrected chi connectivity index (χ4v) is 2.98. The lowest BCUT2D eigenvalue weighted by Gasteiger charge is -2.15. The van der Waals surface area contributed by atoms with E-state index in [-0.39, 0.29) is 12.5 Å². The number of amides is 1. The van der Waals surface area contributed by atoms with E-state index in [2.05, 4.69) is 57.3 Å². The summed E-state index contributed by atoms with van der Waals surface area (Å²) in [6.07, 6.45) is 0.912. The quantitative estimate of drug-likeness (QED) is 0.805. The standard InChI is InChI=1S/C22H29NO2/c1-6-23-22(24)14-25-20-10-16(4)21(17(5)11-20)13-18-8-7-9-19(12-18)15(2)3/h7-12,15H,6,13-14H2,1-5H3,(H,23,24). The molecule has 0 fully saturated rings. The second kappa shape index (κ2) is 8.70. The summed E-state index contributed by atoms with van der Waals surface area (Å²) < 4.78 is 5.63. The maximum Gasteiger partial charge on any atom is 0.257 e. The maximum atomic E-state index is 11.5. The molecule has 0 spiro atoms. The average molecular weight is 339 g/mol. The van der Waals surface area contributed by atoms with Crippen molar-refractivity contribution in [3.63, 3.8) is 0 Å². The predicted molar refractivity (Wildman–Crippen MR) is 103 cm³/mol. The van der Waals surface area contributed by atoms with E-state index in [1.807, 2.05) is 19.1 Å². The molecule has 0 bridgehead atoms. The highest BCUT2D eigenvalue weighted by Crippen LogP contribution is 2.25. The van der Waals surface area contributed by atoms with Crippen molar-refractivity contribution in [3.05, 3.63) is 64.2 Å². The van der Waals surface area contributed by atoms with Crippen LogP contribution in [0.3, 0.4) is 0 Å². The van der Waals surface area contributed by atoms with Crippen LogP contribution in [-0.2, 0) is 11.2 Å². The molecule has 0 aliphatic rings. The van der Waals surface area contributed by atoms with Crippen molar-refractivity contribution in [1.82, 2.24) is 5.32 Å². The van der Waals surface area contributed by atoms with Crippen molar-refractivity contribution in [1.29, 1.82) is 0 Å². The van der Waals surface area contributed by atoms with Gasteiger partial charge in [0.2, 0.25) is 0 Å². The zero-order valence-electron chi connectivity index (χ0n) is 16.0. The summed E-state index contributed by atoms with van der Waals surface area (Å²) in [6.45, 7) is 11.2. The predicted octanol–water partition coefficient (Wildman–Crippen LogP) is 4.53. The van der Waals surface area contributed by atoms with Crippen molar-refractivity contribution in [2.75, 3.05) is 13.2 Å². The van der Waals surface area contributed by atoms with Crippen molar-refractivity contribution < 1.29 is 9.53 Å². The van der Waals surface area contributed by atoms with Crippen molar-refractivity contribution in [3.8, 4) is 5.75 Å². The number of rotatable bonds is 7. The van der Waals surface area contributed by atoms with Gasteiger partial charge in [-0.15, -0.1) is 0 Å². The van der Waals surface area contributed by atoms with Gasteiger partial charge >= 0.3 is 0 Å². The number of ether oxygens (including phenoxy) is 1. The van der Waals surface area contributed by atoms with Crippen molar-refractivity contribution in [2.24, 2.45) is 0 Å². The molecule has 0 unspecified atom stereocenters. The first-order chi connectivity index (χ1) is 11.9. The third-order valence-corrected chi connectivity index (χ3v) is 4.41. The Labute approximate surface area is 151 Å². The van der Waals surface area contributed by atoms with Crippen molar-refractivity contribution in [2.45, 2.75) is 47.0 Å². The number of likely N-dealkylation sites (N-methyl/N-ethyl adjacent to an activating group) is 1. The first-order valence-corrected chi connectivity index (χ1v) is 8.99. The second-order valence-corrected chi connectivity index (χ2v) is 6.85. The van der Waals surface area contributed by atoms with Crippen LogP contribution >= 0.6 is 0 Å². The molecule has 0 atom stereocenters. The van der Waals surface area contributed by atoms with E-state index >= 15 is 0 Å². The Kier molecular flexibility index (Phi) is 6.63. The molecular weight excluding hydrogens is 310 g/mol. The molecule has 2 aromatic rings. The summed E-state index contributed by atoms with van der Waals surface area (Å²) >= 11 is 0. The highest BCUT2D eigenvalue weighted by molar-refractivity contribution is 5.77. The van der Waals surface area contributed by atoms with Gasteiger partial charge in [0.05, 0.1) is 0 Å². The molecule has 3 heteroatoms. The molecule has 2 aromatic carbocycles. The number of aryl methyl sites for hydroxylation is 2. The number of hydrogen-bond acceptors (Lipinski definition) is 2. The third kappa shape index (κ3) is 5.35.